The van der Waals surface area contributed by atoms with Gasteiger partial charge in [-0.2, -0.15) is 5.10 Å². The van der Waals surface area contributed by atoms with Crippen LogP contribution in [0.15, 0.2) is 28.1 Å². The van der Waals surface area contributed by atoms with Gasteiger partial charge < -0.3 is 11.1 Å². The molecule has 0 radical (unpaired) electrons. The maximum Gasteiger partial charge on any atom is 0.228 e. The number of carbonyl (C=O) groups is 1. The zero-order valence-corrected chi connectivity index (χ0v) is 16.6. The molecule has 3 rings (SSSR count). The Kier molecular flexibility index (Phi) is 6.50. The fourth-order valence-corrected chi connectivity index (χ4v) is 4.12. The van der Waals surface area contributed by atoms with Crippen LogP contribution in [-0.2, 0) is 17.8 Å². The van der Waals surface area contributed by atoms with E-state index in [9.17, 15) is 4.79 Å². The topological polar surface area (TPSA) is 85.3 Å². The number of amides is 1. The predicted octanol–water partition coefficient (Wildman–Crippen LogP) is 3.36. The van der Waals surface area contributed by atoms with E-state index in [1.165, 1.54) is 5.69 Å². The standard InChI is InChI=1S/C20H28ClN5O/c1-13(21)16(17-12-24-26-9-4-3-8-18(17)26)11-19(23-2)25-20(27)14-6-5-7-15(22)10-14/h11-12,14-15H,2-10,22H2,1H3,(H,25,27)/b16-13-,19-11+/t14-,15-/m0/s1. The van der Waals surface area contributed by atoms with Crippen molar-refractivity contribution in [3.63, 3.8) is 0 Å². The third kappa shape index (κ3) is 4.68. The van der Waals surface area contributed by atoms with Gasteiger partial charge in [0, 0.05) is 40.4 Å². The first kappa shape index (κ1) is 19.8. The van der Waals surface area contributed by atoms with Gasteiger partial charge in [0.15, 0.2) is 0 Å². The van der Waals surface area contributed by atoms with E-state index >= 15 is 0 Å². The Morgan fingerprint density at radius 3 is 2.96 bits per heavy atom. The molecule has 1 aliphatic carbocycles. The van der Waals surface area contributed by atoms with Crippen molar-refractivity contribution in [3.05, 3.63) is 34.4 Å². The van der Waals surface area contributed by atoms with Crippen LogP contribution in [0.5, 0.6) is 0 Å². The lowest BCUT2D eigenvalue weighted by molar-refractivity contribution is -0.125. The molecule has 1 aliphatic heterocycles. The lowest BCUT2D eigenvalue weighted by Crippen LogP contribution is -2.37. The summed E-state index contributed by atoms with van der Waals surface area (Å²) in [5, 5.41) is 8.02. The van der Waals surface area contributed by atoms with Gasteiger partial charge in [0.2, 0.25) is 5.91 Å². The van der Waals surface area contributed by atoms with E-state index < -0.39 is 0 Å². The van der Waals surface area contributed by atoms with Crippen molar-refractivity contribution in [3.8, 4) is 0 Å². The number of aliphatic imine (C=N–C) groups is 1. The lowest BCUT2D eigenvalue weighted by atomic mass is 9.85. The molecule has 0 unspecified atom stereocenters. The minimum absolute atomic E-state index is 0.0487. The van der Waals surface area contributed by atoms with Gasteiger partial charge in [0.25, 0.3) is 0 Å². The summed E-state index contributed by atoms with van der Waals surface area (Å²) in [6.07, 6.45) is 10.4. The van der Waals surface area contributed by atoms with Gasteiger partial charge in [-0.3, -0.25) is 9.48 Å². The van der Waals surface area contributed by atoms with Crippen LogP contribution in [0.3, 0.4) is 0 Å². The molecule has 3 N–H and O–H groups in total. The minimum atomic E-state index is -0.0765. The van der Waals surface area contributed by atoms with E-state index in [2.05, 4.69) is 22.1 Å². The highest BCUT2D eigenvalue weighted by atomic mass is 35.5. The summed E-state index contributed by atoms with van der Waals surface area (Å²) < 4.78 is 2.04. The van der Waals surface area contributed by atoms with Crippen LogP contribution in [0.25, 0.3) is 5.57 Å². The molecular formula is C20H28ClN5O. The molecule has 1 fully saturated rings. The second-order valence-electron chi connectivity index (χ2n) is 7.43. The summed E-state index contributed by atoms with van der Waals surface area (Å²) in [6.45, 7) is 6.38. The van der Waals surface area contributed by atoms with Gasteiger partial charge in [0.05, 0.1) is 6.20 Å². The van der Waals surface area contributed by atoms with Gasteiger partial charge in [-0.1, -0.05) is 18.0 Å². The van der Waals surface area contributed by atoms with Crippen LogP contribution in [0.1, 0.15) is 56.7 Å². The maximum atomic E-state index is 12.6. The first-order valence-electron chi connectivity index (χ1n) is 9.66. The Bertz CT molecular complexity index is 775. The molecule has 0 saturated heterocycles. The van der Waals surface area contributed by atoms with Crippen LogP contribution < -0.4 is 11.1 Å². The molecule has 6 nitrogen and oxygen atoms in total. The fraction of sp³-hybridized carbons (Fsp3) is 0.550. The molecule has 146 valence electrons. The maximum absolute atomic E-state index is 12.6. The van der Waals surface area contributed by atoms with Gasteiger partial charge in [-0.15, -0.1) is 0 Å². The summed E-state index contributed by atoms with van der Waals surface area (Å²) in [7, 11) is 0. The molecule has 7 heteroatoms. The van der Waals surface area contributed by atoms with Crippen LogP contribution in [0.4, 0.5) is 0 Å². The highest BCUT2D eigenvalue weighted by Gasteiger charge is 2.26. The number of hydrogen-bond acceptors (Lipinski definition) is 4. The van der Waals surface area contributed by atoms with Gasteiger partial charge in [-0.25, -0.2) is 4.99 Å². The SMILES string of the molecule is C=N/C(=C\C(=C(/C)Cl)c1cnn2c1CCCC2)NC(=O)[C@H]1CCC[C@H](N)C1. The molecule has 27 heavy (non-hydrogen) atoms. The normalized spacial score (nSPS) is 24.0. The van der Waals surface area contributed by atoms with Crippen molar-refractivity contribution in [1.82, 2.24) is 15.1 Å². The number of nitrogens with two attached hydrogens (primary N) is 1. The number of carbonyl (C=O) groups excluding carboxylic acids is 1. The molecule has 2 aliphatic rings. The number of halogens is 1. The van der Waals surface area contributed by atoms with Crippen molar-refractivity contribution in [2.75, 3.05) is 0 Å². The van der Waals surface area contributed by atoms with Crippen molar-refractivity contribution < 1.29 is 4.79 Å². The van der Waals surface area contributed by atoms with Crippen molar-refractivity contribution in [2.45, 2.75) is 64.5 Å². The average molecular weight is 390 g/mol. The van der Waals surface area contributed by atoms with Crippen molar-refractivity contribution in [2.24, 2.45) is 16.6 Å². The van der Waals surface area contributed by atoms with E-state index in [-0.39, 0.29) is 17.9 Å². The smallest absolute Gasteiger partial charge is 0.228 e. The third-order valence-corrected chi connectivity index (χ3v) is 5.64. The van der Waals surface area contributed by atoms with Crippen molar-refractivity contribution in [1.29, 1.82) is 0 Å². The molecule has 0 aromatic carbocycles. The molecule has 0 bridgehead atoms. The minimum Gasteiger partial charge on any atom is -0.328 e. The molecule has 1 amide bonds. The van der Waals surface area contributed by atoms with Crippen molar-refractivity contribution >= 4 is 29.8 Å². The lowest BCUT2D eigenvalue weighted by Gasteiger charge is -2.25. The molecular weight excluding hydrogens is 362 g/mol. The Morgan fingerprint density at radius 1 is 1.44 bits per heavy atom. The third-order valence-electron chi connectivity index (χ3n) is 5.43. The van der Waals surface area contributed by atoms with E-state index in [1.54, 1.807) is 6.08 Å². The molecule has 1 aromatic heterocycles. The second kappa shape index (κ2) is 8.85. The van der Waals surface area contributed by atoms with Crippen LogP contribution >= 0.6 is 11.6 Å². The number of nitrogens with one attached hydrogen (secondary N) is 1. The molecule has 1 saturated carbocycles. The first-order chi connectivity index (χ1) is 13.0. The summed E-state index contributed by atoms with van der Waals surface area (Å²) in [4.78, 5) is 16.6. The monoisotopic (exact) mass is 389 g/mol. The number of allylic oxidation sites excluding steroid dienone is 3. The van der Waals surface area contributed by atoms with E-state index in [0.717, 1.165) is 56.2 Å². The number of nitrogens with zero attached hydrogens (tertiary/aromatic N) is 3. The zero-order chi connectivity index (χ0) is 19.4. The fourth-order valence-electron chi connectivity index (χ4n) is 3.96. The Labute approximate surface area is 165 Å². The highest BCUT2D eigenvalue weighted by molar-refractivity contribution is 6.32. The number of rotatable bonds is 5. The summed E-state index contributed by atoms with van der Waals surface area (Å²) >= 11 is 6.39. The van der Waals surface area contributed by atoms with Crippen LogP contribution in [0.2, 0.25) is 0 Å². The Morgan fingerprint density at radius 2 is 2.26 bits per heavy atom. The molecule has 0 spiro atoms. The number of hydrogen-bond donors (Lipinski definition) is 2. The number of fused-ring (bicyclic) bond motifs is 1. The van der Waals surface area contributed by atoms with Gasteiger partial charge in [0.1, 0.15) is 5.82 Å². The molecule has 1 aromatic rings. The number of aryl methyl sites for hydroxylation is 1. The number of aromatic nitrogens is 2. The zero-order valence-electron chi connectivity index (χ0n) is 15.9. The summed E-state index contributed by atoms with van der Waals surface area (Å²) in [5.41, 5.74) is 9.01. The first-order valence-corrected chi connectivity index (χ1v) is 10.0. The summed E-state index contributed by atoms with van der Waals surface area (Å²) in [5.74, 6) is 0.282. The van der Waals surface area contributed by atoms with Crippen LogP contribution in [-0.4, -0.2) is 28.4 Å². The van der Waals surface area contributed by atoms with E-state index in [0.29, 0.717) is 17.3 Å². The Hall–Kier alpha value is -1.92. The Balaban J connectivity index is 1.82. The van der Waals surface area contributed by atoms with E-state index in [4.69, 9.17) is 17.3 Å². The van der Waals surface area contributed by atoms with Crippen LogP contribution in [0, 0.1) is 5.92 Å². The quantitative estimate of drug-likeness (QED) is 0.598. The van der Waals surface area contributed by atoms with Gasteiger partial charge >= 0.3 is 0 Å². The average Bonchev–Trinajstić information content (AvgIpc) is 3.08. The highest BCUT2D eigenvalue weighted by Crippen LogP contribution is 2.30. The summed E-state index contributed by atoms with van der Waals surface area (Å²) in [6, 6.07) is 0.0955. The largest absolute Gasteiger partial charge is 0.328 e. The molecule has 2 heterocycles. The van der Waals surface area contributed by atoms with Gasteiger partial charge in [-0.05, 0) is 58.2 Å². The second-order valence-corrected chi connectivity index (χ2v) is 8.00. The predicted molar refractivity (Wildman–Crippen MR) is 109 cm³/mol. The van der Waals surface area contributed by atoms with E-state index in [1.807, 2.05) is 17.8 Å². The molecule has 2 atom stereocenters.